The van der Waals surface area contributed by atoms with Crippen molar-refractivity contribution < 1.29 is 14.3 Å². The number of esters is 1. The monoisotopic (exact) mass is 592 g/mol. The van der Waals surface area contributed by atoms with Crippen LogP contribution in [-0.4, -0.2) is 61.2 Å². The molecule has 0 saturated carbocycles. The van der Waals surface area contributed by atoms with Gasteiger partial charge in [0.2, 0.25) is 6.41 Å². The third kappa shape index (κ3) is 6.34. The third-order valence-electron chi connectivity index (χ3n) is 9.44. The predicted octanol–water partition coefficient (Wildman–Crippen LogP) is 6.17. The molecule has 0 aliphatic carbocycles. The summed E-state index contributed by atoms with van der Waals surface area (Å²) in [5.74, 6) is -1.38. The number of hydrogen-bond acceptors (Lipinski definition) is 6. The summed E-state index contributed by atoms with van der Waals surface area (Å²) in [6.07, 6.45) is 4.42. The van der Waals surface area contributed by atoms with Gasteiger partial charge in [0.05, 0.1) is 18.5 Å². The first-order valence-electron chi connectivity index (χ1n) is 15.7. The Balaban J connectivity index is 1.33. The molecule has 5 rings (SSSR count). The molecule has 2 heterocycles. The first-order valence-corrected chi connectivity index (χ1v) is 15.7. The van der Waals surface area contributed by atoms with Crippen LogP contribution < -0.4 is 5.73 Å². The molecular weight excluding hydrogens is 548 g/mol. The van der Waals surface area contributed by atoms with Crippen molar-refractivity contribution in [3.05, 3.63) is 113 Å². The highest BCUT2D eigenvalue weighted by Crippen LogP contribution is 2.43. The maximum atomic E-state index is 13.1. The van der Waals surface area contributed by atoms with Gasteiger partial charge in [-0.1, -0.05) is 79.7 Å². The lowest BCUT2D eigenvalue weighted by molar-refractivity contribution is -0.143. The zero-order chi connectivity index (χ0) is 31.1. The number of nitrogens with zero attached hydrogens (tertiary/aromatic N) is 3. The summed E-state index contributed by atoms with van der Waals surface area (Å²) in [5.41, 5.74) is 12.6. The van der Waals surface area contributed by atoms with E-state index in [0.717, 1.165) is 62.3 Å². The number of nitrogens with two attached hydrogens (primary N) is 1. The fourth-order valence-electron chi connectivity index (χ4n) is 7.12. The summed E-state index contributed by atoms with van der Waals surface area (Å²) < 4.78 is 5.23. The number of hydrogen-bond donors (Lipinski definition) is 1. The van der Waals surface area contributed by atoms with Gasteiger partial charge in [0.1, 0.15) is 5.92 Å². The summed E-state index contributed by atoms with van der Waals surface area (Å²) in [5, 5.41) is 0. The highest BCUT2D eigenvalue weighted by atomic mass is 16.5. The fraction of sp³-hybridized carbons (Fsp3) is 0.378. The van der Waals surface area contributed by atoms with Gasteiger partial charge in [-0.15, -0.1) is 0 Å². The smallest absolute Gasteiger partial charge is 0.315 e. The Morgan fingerprint density at radius 2 is 1.59 bits per heavy atom. The van der Waals surface area contributed by atoms with E-state index in [9.17, 15) is 9.59 Å². The van der Waals surface area contributed by atoms with Crippen LogP contribution in [0.5, 0.6) is 0 Å². The number of aliphatic imine (C=N–C) groups is 1. The van der Waals surface area contributed by atoms with Gasteiger partial charge in [0.15, 0.2) is 0 Å². The number of carbonyl (C=O) groups is 2. The van der Waals surface area contributed by atoms with Crippen LogP contribution in [0.4, 0.5) is 5.69 Å². The molecule has 3 aromatic carbocycles. The van der Waals surface area contributed by atoms with Crippen molar-refractivity contribution in [1.29, 1.82) is 0 Å². The van der Waals surface area contributed by atoms with Crippen LogP contribution >= 0.6 is 0 Å². The predicted molar refractivity (Wildman–Crippen MR) is 176 cm³/mol. The van der Waals surface area contributed by atoms with Gasteiger partial charge in [-0.3, -0.25) is 14.6 Å². The zero-order valence-electron chi connectivity index (χ0n) is 26.1. The number of likely N-dealkylation sites (tertiary alicyclic amines) is 1. The average Bonchev–Trinajstić information content (AvgIpc) is 3.07. The highest BCUT2D eigenvalue weighted by molar-refractivity contribution is 6.03. The van der Waals surface area contributed by atoms with Crippen LogP contribution in [0.15, 0.2) is 101 Å². The first-order chi connectivity index (χ1) is 21.4. The minimum Gasteiger partial charge on any atom is -0.468 e. The highest BCUT2D eigenvalue weighted by Gasteiger charge is 2.42. The van der Waals surface area contributed by atoms with Crippen LogP contribution in [0.25, 0.3) is 0 Å². The topological polar surface area (TPSA) is 88.2 Å². The van der Waals surface area contributed by atoms with Gasteiger partial charge in [0, 0.05) is 29.3 Å². The molecule has 0 aromatic heterocycles. The van der Waals surface area contributed by atoms with Crippen LogP contribution in [0.3, 0.4) is 0 Å². The van der Waals surface area contributed by atoms with E-state index in [-0.39, 0.29) is 11.4 Å². The van der Waals surface area contributed by atoms with Crippen molar-refractivity contribution in [1.82, 2.24) is 9.80 Å². The molecule has 2 N–H and O–H groups in total. The lowest BCUT2D eigenvalue weighted by Gasteiger charge is -2.43. The Morgan fingerprint density at radius 3 is 2.11 bits per heavy atom. The maximum Gasteiger partial charge on any atom is 0.315 e. The van der Waals surface area contributed by atoms with Crippen molar-refractivity contribution >= 4 is 23.8 Å². The Kier molecular flexibility index (Phi) is 9.95. The first kappa shape index (κ1) is 31.2. The molecule has 0 bridgehead atoms. The van der Waals surface area contributed by atoms with Gasteiger partial charge in [-0.25, -0.2) is 0 Å². The van der Waals surface area contributed by atoms with E-state index in [4.69, 9.17) is 15.5 Å². The van der Waals surface area contributed by atoms with Crippen molar-refractivity contribution in [2.45, 2.75) is 50.9 Å². The van der Waals surface area contributed by atoms with Gasteiger partial charge >= 0.3 is 5.97 Å². The molecule has 3 aromatic rings. The largest absolute Gasteiger partial charge is 0.468 e. The van der Waals surface area contributed by atoms with E-state index in [0.29, 0.717) is 24.4 Å². The van der Waals surface area contributed by atoms with E-state index in [1.807, 2.05) is 38.1 Å². The number of rotatable bonds is 11. The second-order valence-corrected chi connectivity index (χ2v) is 11.9. The normalized spacial score (nSPS) is 20.1. The lowest BCUT2D eigenvalue weighted by atomic mass is 9.68. The molecule has 7 heteroatoms. The van der Waals surface area contributed by atoms with E-state index < -0.39 is 11.8 Å². The molecule has 2 aliphatic rings. The van der Waals surface area contributed by atoms with Gasteiger partial charge in [0.25, 0.3) is 0 Å². The summed E-state index contributed by atoms with van der Waals surface area (Å²) in [6, 6.07) is 29.3. The molecule has 2 aliphatic heterocycles. The number of carbonyl (C=O) groups excluding carboxylic acids is 2. The van der Waals surface area contributed by atoms with Crippen molar-refractivity contribution in [2.75, 3.05) is 39.0 Å². The third-order valence-corrected chi connectivity index (χ3v) is 9.44. The molecule has 44 heavy (non-hydrogen) atoms. The summed E-state index contributed by atoms with van der Waals surface area (Å²) >= 11 is 0. The summed E-state index contributed by atoms with van der Waals surface area (Å²) in [6.45, 7) is 7.28. The van der Waals surface area contributed by atoms with E-state index in [2.05, 4.69) is 65.6 Å². The number of nitrogen functional groups attached to an aromatic ring is 1. The summed E-state index contributed by atoms with van der Waals surface area (Å²) in [4.78, 5) is 34.9. The van der Waals surface area contributed by atoms with E-state index >= 15 is 0 Å². The second kappa shape index (κ2) is 14.0. The number of methoxy groups -OCH3 is 1. The Morgan fingerprint density at radius 1 is 1.00 bits per heavy atom. The lowest BCUT2D eigenvalue weighted by Crippen LogP contribution is -2.44. The number of amides is 1. The molecular formula is C37H44N4O3. The molecule has 230 valence electrons. The number of piperidine rings is 1. The van der Waals surface area contributed by atoms with E-state index in [1.165, 1.54) is 18.2 Å². The quantitative estimate of drug-likeness (QED) is 0.164. The molecule has 2 unspecified atom stereocenters. The number of benzene rings is 3. The van der Waals surface area contributed by atoms with Crippen molar-refractivity contribution in [3.63, 3.8) is 0 Å². The van der Waals surface area contributed by atoms with Crippen molar-refractivity contribution in [2.24, 2.45) is 10.9 Å². The molecule has 2 atom stereocenters. The second-order valence-electron chi connectivity index (χ2n) is 11.9. The van der Waals surface area contributed by atoms with Crippen molar-refractivity contribution in [3.8, 4) is 0 Å². The summed E-state index contributed by atoms with van der Waals surface area (Å²) in [7, 11) is 1.40. The Bertz CT molecular complexity index is 1430. The molecule has 0 radical (unpaired) electrons. The van der Waals surface area contributed by atoms with Crippen LogP contribution in [-0.2, 0) is 19.7 Å². The zero-order valence-corrected chi connectivity index (χ0v) is 26.1. The van der Waals surface area contributed by atoms with Gasteiger partial charge < -0.3 is 20.3 Å². The minimum absolute atomic E-state index is 0.00184. The Hall–Kier alpha value is -4.23. The Labute approximate surface area is 261 Å². The molecule has 1 fully saturated rings. The van der Waals surface area contributed by atoms with Crippen LogP contribution in [0.2, 0.25) is 0 Å². The number of allylic oxidation sites excluding steroid dienone is 2. The standard InChI is InChI=1S/C37H44N4O3/c1-4-32-35(34(28-16-18-31(38)19-17-28)33(27(2)39-32)36(43)44-3)41(26-42)23-11-22-40-24-20-37(21-25-40,29-12-7-5-8-13-29)30-14-9-6-10-15-30/h5-10,12-19,26,33-34H,4,11,20-25,38H2,1-3H3. The van der Waals surface area contributed by atoms with E-state index in [1.54, 1.807) is 4.90 Å². The number of anilines is 1. The molecule has 7 nitrogen and oxygen atoms in total. The van der Waals surface area contributed by atoms with Crippen LogP contribution in [0, 0.1) is 5.92 Å². The van der Waals surface area contributed by atoms with Gasteiger partial charge in [-0.05, 0) is 81.1 Å². The fourth-order valence-corrected chi connectivity index (χ4v) is 7.12. The van der Waals surface area contributed by atoms with Gasteiger partial charge in [-0.2, -0.15) is 0 Å². The van der Waals surface area contributed by atoms with Crippen LogP contribution in [0.1, 0.15) is 62.1 Å². The molecule has 1 amide bonds. The molecule has 1 saturated heterocycles. The average molecular weight is 593 g/mol. The molecule has 0 spiro atoms. The SMILES string of the molecule is CCC1=C(N(C=O)CCCN2CCC(c3ccccc3)(c3ccccc3)CC2)C(c2ccc(N)cc2)C(C(=O)OC)C(C)=N1. The maximum absolute atomic E-state index is 13.1. The number of ether oxygens (including phenoxy) is 1. The minimum atomic E-state index is -0.623.